The molecule has 0 saturated carbocycles. The Morgan fingerprint density at radius 2 is 1.91 bits per heavy atom. The molecule has 0 aromatic heterocycles. The van der Waals surface area contributed by atoms with E-state index in [1.165, 1.54) is 0 Å². The molecule has 2 heterocycles. The van der Waals surface area contributed by atoms with E-state index in [1.807, 2.05) is 43.0 Å². The number of ether oxygens (including phenoxy) is 3. The van der Waals surface area contributed by atoms with Crippen molar-refractivity contribution in [1.29, 1.82) is 0 Å². The van der Waals surface area contributed by atoms with Crippen molar-refractivity contribution in [3.05, 3.63) is 29.8 Å². The zero-order valence-corrected chi connectivity index (χ0v) is 20.4. The number of morpholine rings is 1. The van der Waals surface area contributed by atoms with Gasteiger partial charge in [-0.2, -0.15) is 0 Å². The van der Waals surface area contributed by atoms with Crippen LogP contribution < -0.4 is 4.74 Å². The third kappa shape index (κ3) is 8.87. The van der Waals surface area contributed by atoms with E-state index in [0.717, 1.165) is 63.5 Å². The SMILES string of the molecule is COc1ccc(CC(=O)N2CCCN(CC3CN(CC(O)COC(C)C)CCO3)CC2)cc1. The molecule has 2 saturated heterocycles. The van der Waals surface area contributed by atoms with Crippen LogP contribution in [0.5, 0.6) is 5.75 Å². The number of aliphatic hydroxyl groups excluding tert-OH is 1. The van der Waals surface area contributed by atoms with E-state index < -0.39 is 6.10 Å². The Kier molecular flexibility index (Phi) is 10.4. The Morgan fingerprint density at radius 1 is 1.12 bits per heavy atom. The topological polar surface area (TPSA) is 74.7 Å². The molecule has 2 aliphatic heterocycles. The van der Waals surface area contributed by atoms with Gasteiger partial charge in [0.2, 0.25) is 5.91 Å². The standard InChI is InChI=1S/C25H41N3O5/c1-20(2)33-19-22(29)16-27-13-14-32-24(18-27)17-26-9-4-10-28(12-11-26)25(30)15-21-5-7-23(31-3)8-6-21/h5-8,20,22,24,29H,4,9-19H2,1-3H3. The second kappa shape index (κ2) is 13.2. The fourth-order valence-electron chi connectivity index (χ4n) is 4.43. The Morgan fingerprint density at radius 3 is 2.64 bits per heavy atom. The van der Waals surface area contributed by atoms with Crippen molar-refractivity contribution in [2.75, 3.05) is 72.7 Å². The number of hydrogen-bond acceptors (Lipinski definition) is 7. The predicted octanol–water partition coefficient (Wildman–Crippen LogP) is 1.26. The van der Waals surface area contributed by atoms with Crippen LogP contribution in [0.1, 0.15) is 25.8 Å². The maximum Gasteiger partial charge on any atom is 0.227 e. The quantitative estimate of drug-likeness (QED) is 0.560. The van der Waals surface area contributed by atoms with E-state index in [2.05, 4.69) is 9.80 Å². The van der Waals surface area contributed by atoms with Crippen LogP contribution in [0.25, 0.3) is 0 Å². The molecule has 0 spiro atoms. The number of benzene rings is 1. The zero-order chi connectivity index (χ0) is 23.6. The minimum absolute atomic E-state index is 0.124. The lowest BCUT2D eigenvalue weighted by Crippen LogP contribution is -2.50. The molecular weight excluding hydrogens is 422 g/mol. The minimum atomic E-state index is -0.477. The third-order valence-corrected chi connectivity index (χ3v) is 6.23. The molecule has 186 valence electrons. The van der Waals surface area contributed by atoms with Crippen LogP contribution in [0.15, 0.2) is 24.3 Å². The lowest BCUT2D eigenvalue weighted by molar-refractivity contribution is -0.130. The molecule has 2 atom stereocenters. The lowest BCUT2D eigenvalue weighted by Gasteiger charge is -2.36. The summed E-state index contributed by atoms with van der Waals surface area (Å²) in [6, 6.07) is 7.71. The Hall–Kier alpha value is -1.71. The molecule has 33 heavy (non-hydrogen) atoms. The molecule has 2 unspecified atom stereocenters. The summed E-state index contributed by atoms with van der Waals surface area (Å²) in [7, 11) is 1.64. The maximum absolute atomic E-state index is 12.8. The van der Waals surface area contributed by atoms with Gasteiger partial charge in [0, 0.05) is 45.8 Å². The molecule has 1 amide bonds. The first-order valence-corrected chi connectivity index (χ1v) is 12.2. The molecule has 8 nitrogen and oxygen atoms in total. The predicted molar refractivity (Wildman–Crippen MR) is 128 cm³/mol. The normalized spacial score (nSPS) is 21.7. The molecule has 2 aliphatic rings. The highest BCUT2D eigenvalue weighted by Crippen LogP contribution is 2.14. The van der Waals surface area contributed by atoms with Gasteiger partial charge in [0.15, 0.2) is 0 Å². The molecule has 3 rings (SSSR count). The molecule has 1 aromatic carbocycles. The molecule has 0 radical (unpaired) electrons. The van der Waals surface area contributed by atoms with Crippen molar-refractivity contribution in [2.45, 2.75) is 45.0 Å². The molecule has 8 heteroatoms. The van der Waals surface area contributed by atoms with Gasteiger partial charge in [-0.1, -0.05) is 12.1 Å². The average molecular weight is 464 g/mol. The first-order valence-electron chi connectivity index (χ1n) is 12.2. The summed E-state index contributed by atoms with van der Waals surface area (Å²) in [6.07, 6.45) is 1.17. The Bertz CT molecular complexity index is 714. The van der Waals surface area contributed by atoms with Crippen molar-refractivity contribution in [1.82, 2.24) is 14.7 Å². The van der Waals surface area contributed by atoms with E-state index in [1.54, 1.807) is 7.11 Å². The maximum atomic E-state index is 12.8. The highest BCUT2D eigenvalue weighted by molar-refractivity contribution is 5.78. The summed E-state index contributed by atoms with van der Waals surface area (Å²) in [6.45, 7) is 11.5. The van der Waals surface area contributed by atoms with Crippen molar-refractivity contribution in [3.63, 3.8) is 0 Å². The van der Waals surface area contributed by atoms with E-state index in [9.17, 15) is 9.90 Å². The van der Waals surface area contributed by atoms with Crippen LogP contribution in [0.4, 0.5) is 0 Å². The van der Waals surface area contributed by atoms with Crippen LogP contribution in [0.2, 0.25) is 0 Å². The van der Waals surface area contributed by atoms with Crippen LogP contribution in [-0.2, 0) is 20.7 Å². The number of nitrogens with zero attached hydrogens (tertiary/aromatic N) is 3. The molecule has 1 aromatic rings. The lowest BCUT2D eigenvalue weighted by atomic mass is 10.1. The molecule has 2 fully saturated rings. The molecular formula is C25H41N3O5. The summed E-state index contributed by atoms with van der Waals surface area (Å²) in [4.78, 5) is 19.5. The van der Waals surface area contributed by atoms with Gasteiger partial charge in [-0.25, -0.2) is 0 Å². The second-order valence-corrected chi connectivity index (χ2v) is 9.35. The number of β-amino-alcohol motifs (C(OH)–C–C–N with tert-alkyl or cyclic N) is 1. The van der Waals surface area contributed by atoms with E-state index in [-0.39, 0.29) is 18.1 Å². The first kappa shape index (κ1) is 25.9. The van der Waals surface area contributed by atoms with Gasteiger partial charge < -0.3 is 24.2 Å². The number of carbonyl (C=O) groups excluding carboxylic acids is 1. The van der Waals surface area contributed by atoms with Gasteiger partial charge in [-0.05, 0) is 44.5 Å². The van der Waals surface area contributed by atoms with Gasteiger partial charge in [-0.3, -0.25) is 14.6 Å². The average Bonchev–Trinajstić information content (AvgIpc) is 3.04. The van der Waals surface area contributed by atoms with E-state index in [0.29, 0.717) is 26.2 Å². The molecule has 0 aliphatic carbocycles. The summed E-state index contributed by atoms with van der Waals surface area (Å²) in [5, 5.41) is 10.2. The Balaban J connectivity index is 1.41. The largest absolute Gasteiger partial charge is 0.497 e. The summed E-state index contributed by atoms with van der Waals surface area (Å²) in [5.41, 5.74) is 1.01. The summed E-state index contributed by atoms with van der Waals surface area (Å²) in [5.74, 6) is 0.984. The Labute approximate surface area is 198 Å². The van der Waals surface area contributed by atoms with Crippen LogP contribution >= 0.6 is 0 Å². The van der Waals surface area contributed by atoms with Crippen LogP contribution in [0.3, 0.4) is 0 Å². The summed E-state index contributed by atoms with van der Waals surface area (Å²) >= 11 is 0. The first-order chi connectivity index (χ1) is 15.9. The molecule has 0 bridgehead atoms. The van der Waals surface area contributed by atoms with E-state index in [4.69, 9.17) is 14.2 Å². The van der Waals surface area contributed by atoms with Crippen molar-refractivity contribution in [2.24, 2.45) is 0 Å². The van der Waals surface area contributed by atoms with Gasteiger partial charge in [-0.15, -0.1) is 0 Å². The molecule has 1 N–H and O–H groups in total. The number of amides is 1. The zero-order valence-electron chi connectivity index (χ0n) is 20.4. The number of aliphatic hydroxyl groups is 1. The monoisotopic (exact) mass is 463 g/mol. The van der Waals surface area contributed by atoms with Gasteiger partial charge in [0.05, 0.1) is 45.1 Å². The number of carbonyl (C=O) groups is 1. The smallest absolute Gasteiger partial charge is 0.227 e. The highest BCUT2D eigenvalue weighted by atomic mass is 16.5. The minimum Gasteiger partial charge on any atom is -0.497 e. The van der Waals surface area contributed by atoms with Crippen LogP contribution in [-0.4, -0.2) is 117 Å². The van der Waals surface area contributed by atoms with E-state index >= 15 is 0 Å². The fraction of sp³-hybridized carbons (Fsp3) is 0.720. The van der Waals surface area contributed by atoms with Crippen molar-refractivity contribution < 1.29 is 24.1 Å². The van der Waals surface area contributed by atoms with Crippen molar-refractivity contribution >= 4 is 5.91 Å². The highest BCUT2D eigenvalue weighted by Gasteiger charge is 2.26. The number of methoxy groups -OCH3 is 1. The fourth-order valence-corrected chi connectivity index (χ4v) is 4.43. The van der Waals surface area contributed by atoms with Crippen LogP contribution in [0, 0.1) is 0 Å². The number of rotatable bonds is 10. The summed E-state index contributed by atoms with van der Waals surface area (Å²) < 4.78 is 16.7. The second-order valence-electron chi connectivity index (χ2n) is 9.35. The van der Waals surface area contributed by atoms with Crippen molar-refractivity contribution in [3.8, 4) is 5.75 Å². The third-order valence-electron chi connectivity index (χ3n) is 6.23. The van der Waals surface area contributed by atoms with Gasteiger partial charge in [0.1, 0.15) is 5.75 Å². The number of hydrogen-bond donors (Lipinski definition) is 1. The van der Waals surface area contributed by atoms with Gasteiger partial charge in [0.25, 0.3) is 0 Å². The van der Waals surface area contributed by atoms with Gasteiger partial charge >= 0.3 is 0 Å².